The molecule has 1 atom stereocenters. The van der Waals surface area contributed by atoms with Crippen LogP contribution in [0.3, 0.4) is 0 Å². The maximum Gasteiger partial charge on any atom is 0.203 e. The molecule has 0 N–H and O–H groups in total. The van der Waals surface area contributed by atoms with Crippen molar-refractivity contribution in [1.82, 2.24) is 0 Å². The van der Waals surface area contributed by atoms with Crippen molar-refractivity contribution in [2.45, 2.75) is 5.92 Å². The zero-order valence-electron chi connectivity index (χ0n) is 14.7. The van der Waals surface area contributed by atoms with Crippen molar-refractivity contribution in [3.8, 4) is 23.0 Å². The van der Waals surface area contributed by atoms with E-state index in [0.717, 1.165) is 5.39 Å². The molecule has 0 radical (unpaired) electrons. The van der Waals surface area contributed by atoms with Crippen LogP contribution in [0.4, 0.5) is 0 Å². The first-order valence-electron chi connectivity index (χ1n) is 8.15. The number of fused-ring (bicyclic) bond motifs is 2. The molecular weight excluding hydrogens is 336 g/mol. The fraction of sp³-hybridized carbons (Fsp3) is 0.250. The molecule has 1 aliphatic rings. The highest BCUT2D eigenvalue weighted by molar-refractivity contribution is 6.07. The Bertz CT molecular complexity index is 987. The largest absolute Gasteiger partial charge is 0.493 e. The van der Waals surface area contributed by atoms with Gasteiger partial charge in [0.25, 0.3) is 0 Å². The van der Waals surface area contributed by atoms with Gasteiger partial charge in [-0.05, 0) is 18.2 Å². The molecule has 6 heteroatoms. The molecule has 134 valence electrons. The number of ketones is 1. The van der Waals surface area contributed by atoms with Crippen LogP contribution in [0, 0.1) is 0 Å². The Morgan fingerprint density at radius 1 is 1.00 bits per heavy atom. The van der Waals surface area contributed by atoms with Crippen LogP contribution in [0.25, 0.3) is 11.0 Å². The SMILES string of the molecule is COc1ccc(C2COc3cc4occc4cc3C2=O)c(OC)c1OC. The van der Waals surface area contributed by atoms with Crippen molar-refractivity contribution in [2.24, 2.45) is 0 Å². The Morgan fingerprint density at radius 3 is 2.54 bits per heavy atom. The molecule has 1 aromatic heterocycles. The first kappa shape index (κ1) is 16.3. The average Bonchev–Trinajstić information content (AvgIpc) is 3.13. The zero-order chi connectivity index (χ0) is 18.3. The van der Waals surface area contributed by atoms with E-state index in [9.17, 15) is 4.79 Å². The third-order valence-electron chi connectivity index (χ3n) is 4.65. The van der Waals surface area contributed by atoms with Crippen LogP contribution in [-0.4, -0.2) is 33.7 Å². The summed E-state index contributed by atoms with van der Waals surface area (Å²) < 4.78 is 27.5. The third kappa shape index (κ3) is 2.37. The Morgan fingerprint density at radius 2 is 1.81 bits per heavy atom. The molecule has 0 amide bonds. The molecule has 1 aliphatic heterocycles. The number of furan rings is 1. The lowest BCUT2D eigenvalue weighted by molar-refractivity contribution is 0.0894. The van der Waals surface area contributed by atoms with E-state index >= 15 is 0 Å². The van der Waals surface area contributed by atoms with Crippen LogP contribution >= 0.6 is 0 Å². The van der Waals surface area contributed by atoms with Crippen molar-refractivity contribution in [3.05, 3.63) is 47.7 Å². The fourth-order valence-corrected chi connectivity index (χ4v) is 3.37. The van der Waals surface area contributed by atoms with E-state index in [1.54, 1.807) is 31.6 Å². The van der Waals surface area contributed by atoms with Gasteiger partial charge in [0.15, 0.2) is 17.3 Å². The van der Waals surface area contributed by atoms with E-state index in [0.29, 0.717) is 39.7 Å². The quantitative estimate of drug-likeness (QED) is 0.710. The van der Waals surface area contributed by atoms with Gasteiger partial charge in [-0.1, -0.05) is 6.07 Å². The minimum atomic E-state index is -0.499. The van der Waals surface area contributed by atoms with Crippen molar-refractivity contribution >= 4 is 16.8 Å². The predicted molar refractivity (Wildman–Crippen MR) is 94.9 cm³/mol. The molecule has 2 aromatic carbocycles. The monoisotopic (exact) mass is 354 g/mol. The number of methoxy groups -OCH3 is 3. The molecule has 0 bridgehead atoms. The number of ether oxygens (including phenoxy) is 4. The Labute approximate surface area is 150 Å². The van der Waals surface area contributed by atoms with Crippen molar-refractivity contribution < 1.29 is 28.2 Å². The Kier molecular flexibility index (Phi) is 3.95. The van der Waals surface area contributed by atoms with Crippen LogP contribution in [0.15, 0.2) is 41.0 Å². The summed E-state index contributed by atoms with van der Waals surface area (Å²) in [6.45, 7) is 0.212. The normalized spacial score (nSPS) is 16.1. The smallest absolute Gasteiger partial charge is 0.203 e. The van der Waals surface area contributed by atoms with Crippen molar-refractivity contribution in [1.29, 1.82) is 0 Å². The third-order valence-corrected chi connectivity index (χ3v) is 4.65. The number of hydrogen-bond acceptors (Lipinski definition) is 6. The molecular formula is C20H18O6. The van der Waals surface area contributed by atoms with Crippen LogP contribution < -0.4 is 18.9 Å². The van der Waals surface area contributed by atoms with Crippen LogP contribution in [0.2, 0.25) is 0 Å². The van der Waals surface area contributed by atoms with E-state index in [2.05, 4.69) is 0 Å². The average molecular weight is 354 g/mol. The van der Waals surface area contributed by atoms with Crippen LogP contribution in [0.1, 0.15) is 21.8 Å². The molecule has 4 rings (SSSR count). The molecule has 3 aromatic rings. The van der Waals surface area contributed by atoms with Gasteiger partial charge in [0.05, 0.1) is 39.1 Å². The maximum absolute atomic E-state index is 13.2. The van der Waals surface area contributed by atoms with E-state index in [4.69, 9.17) is 23.4 Å². The van der Waals surface area contributed by atoms with Crippen molar-refractivity contribution in [3.63, 3.8) is 0 Å². The molecule has 0 fully saturated rings. The second-order valence-electron chi connectivity index (χ2n) is 5.96. The molecule has 0 spiro atoms. The van der Waals surface area contributed by atoms with E-state index in [-0.39, 0.29) is 12.4 Å². The number of carbonyl (C=O) groups excluding carboxylic acids is 1. The lowest BCUT2D eigenvalue weighted by Crippen LogP contribution is -2.26. The fourth-order valence-electron chi connectivity index (χ4n) is 3.37. The highest BCUT2D eigenvalue weighted by atomic mass is 16.5. The number of Topliss-reactive ketones (excluding diaryl/α,β-unsaturated/α-hetero) is 1. The van der Waals surface area contributed by atoms with E-state index in [1.165, 1.54) is 14.2 Å². The van der Waals surface area contributed by atoms with Gasteiger partial charge in [0.1, 0.15) is 17.9 Å². The van der Waals surface area contributed by atoms with Crippen LogP contribution in [0.5, 0.6) is 23.0 Å². The Hall–Kier alpha value is -3.15. The molecule has 26 heavy (non-hydrogen) atoms. The maximum atomic E-state index is 13.2. The first-order chi connectivity index (χ1) is 12.7. The summed E-state index contributed by atoms with van der Waals surface area (Å²) in [5, 5.41) is 0.862. The van der Waals surface area contributed by atoms with Gasteiger partial charge in [-0.3, -0.25) is 4.79 Å². The number of rotatable bonds is 4. The molecule has 6 nitrogen and oxygen atoms in total. The highest BCUT2D eigenvalue weighted by Crippen LogP contribution is 2.45. The first-order valence-corrected chi connectivity index (χ1v) is 8.15. The zero-order valence-corrected chi connectivity index (χ0v) is 14.7. The predicted octanol–water partition coefficient (Wildman–Crippen LogP) is 3.82. The van der Waals surface area contributed by atoms with Crippen molar-refractivity contribution in [2.75, 3.05) is 27.9 Å². The number of hydrogen-bond donors (Lipinski definition) is 0. The minimum absolute atomic E-state index is 0.0279. The molecule has 2 heterocycles. The topological polar surface area (TPSA) is 67.1 Å². The minimum Gasteiger partial charge on any atom is -0.493 e. The second-order valence-corrected chi connectivity index (χ2v) is 5.96. The summed E-state index contributed by atoms with van der Waals surface area (Å²) in [6, 6.07) is 8.95. The number of carbonyl (C=O) groups is 1. The molecule has 0 saturated carbocycles. The van der Waals surface area contributed by atoms with E-state index < -0.39 is 5.92 Å². The van der Waals surface area contributed by atoms with Gasteiger partial charge in [-0.2, -0.15) is 0 Å². The molecule has 1 unspecified atom stereocenters. The lowest BCUT2D eigenvalue weighted by Gasteiger charge is -2.26. The highest BCUT2D eigenvalue weighted by Gasteiger charge is 2.34. The molecule has 0 aliphatic carbocycles. The van der Waals surface area contributed by atoms with Gasteiger partial charge >= 0.3 is 0 Å². The van der Waals surface area contributed by atoms with E-state index in [1.807, 2.05) is 12.1 Å². The van der Waals surface area contributed by atoms with Gasteiger partial charge < -0.3 is 23.4 Å². The van der Waals surface area contributed by atoms with Gasteiger partial charge in [0, 0.05) is 17.0 Å². The molecule has 0 saturated heterocycles. The number of benzene rings is 2. The summed E-state index contributed by atoms with van der Waals surface area (Å²) in [7, 11) is 4.63. The summed E-state index contributed by atoms with van der Waals surface area (Å²) in [5.74, 6) is 1.48. The van der Waals surface area contributed by atoms with Gasteiger partial charge in [-0.25, -0.2) is 0 Å². The van der Waals surface area contributed by atoms with Gasteiger partial charge in [0.2, 0.25) is 5.75 Å². The van der Waals surface area contributed by atoms with Crippen LogP contribution in [-0.2, 0) is 0 Å². The second kappa shape index (κ2) is 6.29. The van der Waals surface area contributed by atoms with Gasteiger partial charge in [-0.15, -0.1) is 0 Å². The lowest BCUT2D eigenvalue weighted by atomic mass is 9.87. The summed E-state index contributed by atoms with van der Waals surface area (Å²) in [4.78, 5) is 13.2. The summed E-state index contributed by atoms with van der Waals surface area (Å²) >= 11 is 0. The standard InChI is InChI=1S/C20H18O6/c1-22-15-5-4-12(19(23-2)20(15)24-3)14-10-26-17-9-16-11(6-7-25-16)8-13(17)18(14)21/h4-9,14H,10H2,1-3H3. The Balaban J connectivity index is 1.81. The summed E-state index contributed by atoms with van der Waals surface area (Å²) in [5.41, 5.74) is 1.93. The summed E-state index contributed by atoms with van der Waals surface area (Å²) in [6.07, 6.45) is 1.59.